The van der Waals surface area contributed by atoms with Crippen molar-refractivity contribution in [3.05, 3.63) is 83.1 Å². The van der Waals surface area contributed by atoms with Gasteiger partial charge in [-0.25, -0.2) is 0 Å². The molecule has 0 aliphatic carbocycles. The Kier molecular flexibility index (Phi) is 6.85. The molecule has 3 heterocycles. The Balaban J connectivity index is 1.25. The number of amides is 1. The van der Waals surface area contributed by atoms with Gasteiger partial charge in [-0.2, -0.15) is 11.3 Å². The van der Waals surface area contributed by atoms with E-state index in [1.807, 2.05) is 70.1 Å². The van der Waals surface area contributed by atoms with Gasteiger partial charge in [-0.1, -0.05) is 60.3 Å². The summed E-state index contributed by atoms with van der Waals surface area (Å²) in [6.07, 6.45) is 0. The van der Waals surface area contributed by atoms with Gasteiger partial charge in [-0.15, -0.1) is 10.2 Å². The van der Waals surface area contributed by atoms with Crippen LogP contribution in [0.3, 0.4) is 0 Å². The average molecular weight is 476 g/mol. The fourth-order valence-electron chi connectivity index (χ4n) is 3.96. The number of para-hydroxylation sites is 1. The highest BCUT2D eigenvalue weighted by molar-refractivity contribution is 7.99. The third-order valence-electron chi connectivity index (χ3n) is 5.72. The molecule has 4 aromatic rings. The fourth-order valence-corrected chi connectivity index (χ4v) is 5.48. The van der Waals surface area contributed by atoms with Crippen molar-refractivity contribution in [1.82, 2.24) is 24.6 Å². The maximum atomic E-state index is 13.0. The minimum absolute atomic E-state index is 0.152. The van der Waals surface area contributed by atoms with Gasteiger partial charge in [-0.3, -0.25) is 14.3 Å². The highest BCUT2D eigenvalue weighted by Crippen LogP contribution is 2.28. The molecule has 6 nitrogen and oxygen atoms in total. The van der Waals surface area contributed by atoms with E-state index in [0.717, 1.165) is 55.0 Å². The van der Waals surface area contributed by atoms with Crippen molar-refractivity contribution in [2.75, 3.05) is 31.9 Å². The van der Waals surface area contributed by atoms with Gasteiger partial charge in [0, 0.05) is 44.0 Å². The van der Waals surface area contributed by atoms with E-state index in [1.165, 1.54) is 17.3 Å². The summed E-state index contributed by atoms with van der Waals surface area (Å²) < 4.78 is 2.03. The van der Waals surface area contributed by atoms with E-state index >= 15 is 0 Å². The number of thiophene rings is 1. The van der Waals surface area contributed by atoms with E-state index in [1.54, 1.807) is 11.3 Å². The summed E-state index contributed by atoms with van der Waals surface area (Å²) in [7, 11) is 0. The van der Waals surface area contributed by atoms with E-state index in [9.17, 15) is 4.79 Å². The number of carbonyl (C=O) groups excluding carboxylic acids is 1. The highest BCUT2D eigenvalue weighted by Gasteiger charge is 2.23. The monoisotopic (exact) mass is 475 g/mol. The lowest BCUT2D eigenvalue weighted by atomic mass is 10.2. The Labute approximate surface area is 201 Å². The molecular formula is C25H25N5OS2. The van der Waals surface area contributed by atoms with Crippen LogP contribution in [0.2, 0.25) is 0 Å². The molecule has 168 valence electrons. The highest BCUT2D eigenvalue weighted by atomic mass is 32.2. The number of benzene rings is 2. The maximum absolute atomic E-state index is 13.0. The summed E-state index contributed by atoms with van der Waals surface area (Å²) >= 11 is 3.18. The van der Waals surface area contributed by atoms with Gasteiger partial charge in [0.1, 0.15) is 0 Å². The van der Waals surface area contributed by atoms with Crippen LogP contribution < -0.4 is 0 Å². The zero-order valence-electron chi connectivity index (χ0n) is 18.2. The molecule has 0 N–H and O–H groups in total. The molecule has 5 rings (SSSR count). The second kappa shape index (κ2) is 10.3. The third kappa shape index (κ3) is 5.19. The van der Waals surface area contributed by atoms with Crippen LogP contribution in [-0.4, -0.2) is 62.4 Å². The number of hydrogen-bond acceptors (Lipinski definition) is 6. The first-order valence-electron chi connectivity index (χ1n) is 11.0. The molecule has 0 atom stereocenters. The van der Waals surface area contributed by atoms with Crippen molar-refractivity contribution in [2.24, 2.45) is 0 Å². The molecule has 1 fully saturated rings. The fraction of sp³-hybridized carbons (Fsp3) is 0.240. The first-order valence-corrected chi connectivity index (χ1v) is 12.9. The largest absolute Gasteiger partial charge is 0.339 e. The normalized spacial score (nSPS) is 14.5. The Morgan fingerprint density at radius 2 is 1.64 bits per heavy atom. The van der Waals surface area contributed by atoms with Gasteiger partial charge in [0.15, 0.2) is 11.0 Å². The second-order valence-electron chi connectivity index (χ2n) is 7.92. The minimum Gasteiger partial charge on any atom is -0.339 e. The van der Waals surface area contributed by atoms with Crippen LogP contribution in [0.4, 0.5) is 0 Å². The van der Waals surface area contributed by atoms with Crippen molar-refractivity contribution in [3.63, 3.8) is 0 Å². The maximum Gasteiger partial charge on any atom is 0.233 e. The number of hydrogen-bond donors (Lipinski definition) is 0. The van der Waals surface area contributed by atoms with Crippen LogP contribution in [0.1, 0.15) is 5.56 Å². The average Bonchev–Trinajstić information content (AvgIpc) is 3.54. The number of nitrogens with zero attached hydrogens (tertiary/aromatic N) is 5. The van der Waals surface area contributed by atoms with Crippen LogP contribution >= 0.6 is 23.1 Å². The van der Waals surface area contributed by atoms with Crippen molar-refractivity contribution in [1.29, 1.82) is 0 Å². The summed E-state index contributed by atoms with van der Waals surface area (Å²) in [5.41, 5.74) is 3.33. The first-order chi connectivity index (χ1) is 16.3. The Morgan fingerprint density at radius 3 is 2.33 bits per heavy atom. The lowest BCUT2D eigenvalue weighted by Crippen LogP contribution is -2.48. The molecule has 1 aliphatic heterocycles. The Morgan fingerprint density at radius 1 is 0.909 bits per heavy atom. The summed E-state index contributed by atoms with van der Waals surface area (Å²) in [4.78, 5) is 17.3. The van der Waals surface area contributed by atoms with Gasteiger partial charge < -0.3 is 4.90 Å². The number of rotatable bonds is 7. The minimum atomic E-state index is 0.152. The molecule has 2 aromatic carbocycles. The zero-order valence-corrected chi connectivity index (χ0v) is 19.8. The van der Waals surface area contributed by atoms with E-state index in [0.29, 0.717) is 5.75 Å². The van der Waals surface area contributed by atoms with Gasteiger partial charge in [0.05, 0.1) is 5.75 Å². The lowest BCUT2D eigenvalue weighted by Gasteiger charge is -2.34. The van der Waals surface area contributed by atoms with E-state index < -0.39 is 0 Å². The smallest absolute Gasteiger partial charge is 0.233 e. The summed E-state index contributed by atoms with van der Waals surface area (Å²) in [6, 6.07) is 22.3. The Bertz CT molecular complexity index is 1170. The number of carbonyl (C=O) groups is 1. The van der Waals surface area contributed by atoms with Crippen molar-refractivity contribution in [2.45, 2.75) is 11.7 Å². The standard InChI is InChI=1S/C25H25N5OS2/c31-23(29-14-12-28(13-15-29)17-20-11-16-32-18-20)19-33-25-27-26-24(21-7-3-1-4-8-21)30(25)22-9-5-2-6-10-22/h1-11,16,18H,12-15,17,19H2. The molecule has 1 aliphatic rings. The molecule has 33 heavy (non-hydrogen) atoms. The third-order valence-corrected chi connectivity index (χ3v) is 7.36. The quantitative estimate of drug-likeness (QED) is 0.370. The van der Waals surface area contributed by atoms with Crippen molar-refractivity contribution >= 4 is 29.0 Å². The molecule has 1 saturated heterocycles. The molecule has 1 amide bonds. The van der Waals surface area contributed by atoms with Gasteiger partial charge in [0.2, 0.25) is 5.91 Å². The predicted octanol–water partition coefficient (Wildman–Crippen LogP) is 4.43. The molecule has 0 bridgehead atoms. The lowest BCUT2D eigenvalue weighted by molar-refractivity contribution is -0.130. The van der Waals surface area contributed by atoms with Crippen LogP contribution in [0, 0.1) is 0 Å². The van der Waals surface area contributed by atoms with E-state index in [4.69, 9.17) is 0 Å². The molecule has 0 radical (unpaired) electrons. The first kappa shape index (κ1) is 21.9. The summed E-state index contributed by atoms with van der Waals surface area (Å²) in [5.74, 6) is 1.28. The molecule has 0 spiro atoms. The number of thioether (sulfide) groups is 1. The summed E-state index contributed by atoms with van der Waals surface area (Å²) in [5, 5.41) is 13.9. The van der Waals surface area contributed by atoms with Gasteiger partial charge >= 0.3 is 0 Å². The summed E-state index contributed by atoms with van der Waals surface area (Å²) in [6.45, 7) is 4.31. The zero-order chi connectivity index (χ0) is 22.5. The SMILES string of the molecule is O=C(CSc1nnc(-c2ccccc2)n1-c1ccccc1)N1CCN(Cc2ccsc2)CC1. The van der Waals surface area contributed by atoms with Crippen LogP contribution in [0.5, 0.6) is 0 Å². The van der Waals surface area contributed by atoms with Crippen LogP contribution in [0.15, 0.2) is 82.6 Å². The van der Waals surface area contributed by atoms with Gasteiger partial charge in [-0.05, 0) is 34.5 Å². The molecule has 2 aromatic heterocycles. The molecule has 0 unspecified atom stereocenters. The second-order valence-corrected chi connectivity index (χ2v) is 9.64. The molecule has 8 heteroatoms. The predicted molar refractivity (Wildman–Crippen MR) is 134 cm³/mol. The molecular weight excluding hydrogens is 450 g/mol. The number of aromatic nitrogens is 3. The number of piperazine rings is 1. The molecule has 0 saturated carbocycles. The van der Waals surface area contributed by atoms with Crippen LogP contribution in [-0.2, 0) is 11.3 Å². The topological polar surface area (TPSA) is 54.3 Å². The van der Waals surface area contributed by atoms with E-state index in [-0.39, 0.29) is 5.91 Å². The Hall–Kier alpha value is -2.94. The van der Waals surface area contributed by atoms with Crippen molar-refractivity contribution < 1.29 is 4.79 Å². The van der Waals surface area contributed by atoms with Crippen LogP contribution in [0.25, 0.3) is 17.1 Å². The van der Waals surface area contributed by atoms with Gasteiger partial charge in [0.25, 0.3) is 0 Å². The van der Waals surface area contributed by atoms with E-state index in [2.05, 4.69) is 31.9 Å². The van der Waals surface area contributed by atoms with Crippen molar-refractivity contribution in [3.8, 4) is 17.1 Å².